The van der Waals surface area contributed by atoms with Gasteiger partial charge in [0.15, 0.2) is 5.82 Å². The molecule has 2 amide bonds. The zero-order valence-corrected chi connectivity index (χ0v) is 13.0. The molecule has 2 N–H and O–H groups in total. The van der Waals surface area contributed by atoms with Gasteiger partial charge in [-0.2, -0.15) is 0 Å². The van der Waals surface area contributed by atoms with Gasteiger partial charge in [0.1, 0.15) is 0 Å². The van der Waals surface area contributed by atoms with Crippen molar-refractivity contribution in [2.75, 3.05) is 44.9 Å². The average Bonchev–Trinajstić information content (AvgIpc) is 2.97. The maximum absolute atomic E-state index is 11.7. The Morgan fingerprint density at radius 3 is 3.05 bits per heavy atom. The Morgan fingerprint density at radius 2 is 2.27 bits per heavy atom. The molecule has 0 bridgehead atoms. The number of urea groups is 1. The van der Waals surface area contributed by atoms with Gasteiger partial charge in [-0.1, -0.05) is 0 Å². The fourth-order valence-corrected chi connectivity index (χ4v) is 2.35. The Balaban J connectivity index is 1.86. The second-order valence-electron chi connectivity index (χ2n) is 4.94. The molecule has 1 aromatic heterocycles. The van der Waals surface area contributed by atoms with Gasteiger partial charge in [0.2, 0.25) is 0 Å². The highest BCUT2D eigenvalue weighted by atomic mass is 16.5. The summed E-state index contributed by atoms with van der Waals surface area (Å²) in [5.74, 6) is 1.27. The molecule has 0 aliphatic carbocycles. The summed E-state index contributed by atoms with van der Waals surface area (Å²) >= 11 is 0. The molecule has 8 nitrogen and oxygen atoms in total. The fraction of sp³-hybridized carbons (Fsp3) is 0.643. The molecule has 0 spiro atoms. The van der Waals surface area contributed by atoms with Gasteiger partial charge in [-0.3, -0.25) is 0 Å². The number of hydrogen-bond donors (Lipinski definition) is 2. The third-order valence-corrected chi connectivity index (χ3v) is 3.34. The highest BCUT2D eigenvalue weighted by Gasteiger charge is 2.27. The van der Waals surface area contributed by atoms with Gasteiger partial charge in [0.25, 0.3) is 5.88 Å². The van der Waals surface area contributed by atoms with E-state index in [0.717, 1.165) is 18.8 Å². The fourth-order valence-electron chi connectivity index (χ4n) is 2.35. The molecule has 2 heterocycles. The quantitative estimate of drug-likeness (QED) is 0.709. The summed E-state index contributed by atoms with van der Waals surface area (Å²) in [7, 11) is 1.60. The van der Waals surface area contributed by atoms with E-state index in [-0.39, 0.29) is 12.1 Å². The molecule has 1 atom stereocenters. The van der Waals surface area contributed by atoms with E-state index in [0.29, 0.717) is 32.2 Å². The molecule has 0 unspecified atom stereocenters. The van der Waals surface area contributed by atoms with Crippen molar-refractivity contribution in [3.8, 4) is 5.88 Å². The van der Waals surface area contributed by atoms with Crippen molar-refractivity contribution in [3.05, 3.63) is 12.4 Å². The van der Waals surface area contributed by atoms with E-state index in [4.69, 9.17) is 9.47 Å². The molecular formula is C14H23N5O3. The summed E-state index contributed by atoms with van der Waals surface area (Å²) in [5, 5.41) is 5.70. The van der Waals surface area contributed by atoms with Gasteiger partial charge >= 0.3 is 6.03 Å². The first-order valence-corrected chi connectivity index (χ1v) is 7.46. The van der Waals surface area contributed by atoms with Crippen molar-refractivity contribution in [1.29, 1.82) is 0 Å². The number of nitrogens with one attached hydrogen (secondary N) is 2. The Morgan fingerprint density at radius 1 is 1.45 bits per heavy atom. The number of rotatable bonds is 7. The van der Waals surface area contributed by atoms with Crippen LogP contribution in [0.25, 0.3) is 0 Å². The lowest BCUT2D eigenvalue weighted by Gasteiger charge is -2.19. The van der Waals surface area contributed by atoms with Crippen LogP contribution in [0.2, 0.25) is 0 Å². The van der Waals surface area contributed by atoms with Gasteiger partial charge < -0.3 is 25.0 Å². The minimum Gasteiger partial charge on any atom is -0.475 e. The van der Waals surface area contributed by atoms with Crippen LogP contribution < -0.4 is 20.3 Å². The third-order valence-electron chi connectivity index (χ3n) is 3.34. The maximum atomic E-state index is 11.7. The highest BCUT2D eigenvalue weighted by molar-refractivity contribution is 5.74. The van der Waals surface area contributed by atoms with Crippen LogP contribution in [0, 0.1) is 0 Å². The van der Waals surface area contributed by atoms with Gasteiger partial charge in [-0.05, 0) is 13.3 Å². The average molecular weight is 309 g/mol. The van der Waals surface area contributed by atoms with Gasteiger partial charge in [0, 0.05) is 45.2 Å². The molecule has 8 heteroatoms. The van der Waals surface area contributed by atoms with E-state index < -0.39 is 0 Å². The number of ether oxygens (including phenoxy) is 2. The molecule has 1 saturated heterocycles. The molecule has 22 heavy (non-hydrogen) atoms. The first-order valence-electron chi connectivity index (χ1n) is 7.46. The highest BCUT2D eigenvalue weighted by Crippen LogP contribution is 2.26. The predicted octanol–water partition coefficient (Wildman–Crippen LogP) is 0.400. The second kappa shape index (κ2) is 8.38. The number of carbonyl (C=O) groups is 1. The molecule has 1 fully saturated rings. The van der Waals surface area contributed by atoms with Crippen LogP contribution in [0.1, 0.15) is 13.3 Å². The molecule has 0 saturated carbocycles. The number of carbonyl (C=O) groups excluding carboxylic acids is 1. The standard InChI is InChI=1S/C14H23N5O3/c1-3-22-13-12(15-5-6-16-13)19-8-4-11(10-19)18-14(20)17-7-9-21-2/h5-6,11H,3-4,7-10H2,1-2H3,(H2,17,18,20)/t11-/m0/s1. The summed E-state index contributed by atoms with van der Waals surface area (Å²) in [6.07, 6.45) is 4.12. The molecular weight excluding hydrogens is 286 g/mol. The van der Waals surface area contributed by atoms with Crippen molar-refractivity contribution in [3.63, 3.8) is 0 Å². The summed E-state index contributed by atoms with van der Waals surface area (Å²) in [6, 6.07) is -0.0906. The lowest BCUT2D eigenvalue weighted by Crippen LogP contribution is -2.44. The summed E-state index contributed by atoms with van der Waals surface area (Å²) < 4.78 is 10.4. The molecule has 1 aliphatic rings. The molecule has 1 aromatic rings. The molecule has 0 aromatic carbocycles. The number of nitrogens with zero attached hydrogens (tertiary/aromatic N) is 3. The van der Waals surface area contributed by atoms with E-state index >= 15 is 0 Å². The van der Waals surface area contributed by atoms with Gasteiger partial charge in [-0.25, -0.2) is 14.8 Å². The Labute approximate surface area is 130 Å². The topological polar surface area (TPSA) is 88.6 Å². The zero-order chi connectivity index (χ0) is 15.8. The van der Waals surface area contributed by atoms with Gasteiger partial charge in [0.05, 0.1) is 13.2 Å². The van der Waals surface area contributed by atoms with Crippen LogP contribution in [0.15, 0.2) is 12.4 Å². The third kappa shape index (κ3) is 4.45. The van der Waals surface area contributed by atoms with Crippen molar-refractivity contribution in [2.24, 2.45) is 0 Å². The molecule has 0 radical (unpaired) electrons. The van der Waals surface area contributed by atoms with E-state index in [9.17, 15) is 4.79 Å². The van der Waals surface area contributed by atoms with Crippen molar-refractivity contribution in [2.45, 2.75) is 19.4 Å². The summed E-state index contributed by atoms with van der Waals surface area (Å²) in [6.45, 7) is 4.96. The van der Waals surface area contributed by atoms with Crippen LogP contribution in [0.4, 0.5) is 10.6 Å². The number of hydrogen-bond acceptors (Lipinski definition) is 6. The zero-order valence-electron chi connectivity index (χ0n) is 13.0. The first kappa shape index (κ1) is 16.3. The van der Waals surface area contributed by atoms with Crippen LogP contribution in [-0.2, 0) is 4.74 Å². The Hall–Kier alpha value is -2.09. The number of amides is 2. The summed E-state index contributed by atoms with van der Waals surface area (Å²) in [4.78, 5) is 22.4. The molecule has 1 aliphatic heterocycles. The van der Waals surface area contributed by atoms with E-state index in [1.807, 2.05) is 6.92 Å². The Kier molecular flexibility index (Phi) is 6.20. The summed E-state index contributed by atoms with van der Waals surface area (Å²) in [5.41, 5.74) is 0. The van der Waals surface area contributed by atoms with Crippen LogP contribution in [0.5, 0.6) is 5.88 Å². The largest absolute Gasteiger partial charge is 0.475 e. The number of aromatic nitrogens is 2. The van der Waals surface area contributed by atoms with Crippen molar-refractivity contribution >= 4 is 11.8 Å². The monoisotopic (exact) mass is 309 g/mol. The SMILES string of the molecule is CCOc1nccnc1N1CC[C@H](NC(=O)NCCOC)C1. The molecule has 122 valence electrons. The Bertz CT molecular complexity index is 485. The van der Waals surface area contributed by atoms with E-state index in [2.05, 4.69) is 25.5 Å². The van der Waals surface area contributed by atoms with E-state index in [1.54, 1.807) is 19.5 Å². The minimum atomic E-state index is -0.173. The maximum Gasteiger partial charge on any atom is 0.315 e. The number of anilines is 1. The lowest BCUT2D eigenvalue weighted by atomic mass is 10.3. The van der Waals surface area contributed by atoms with Crippen molar-refractivity contribution in [1.82, 2.24) is 20.6 Å². The van der Waals surface area contributed by atoms with Crippen LogP contribution >= 0.6 is 0 Å². The minimum absolute atomic E-state index is 0.0824. The van der Waals surface area contributed by atoms with Crippen LogP contribution in [0.3, 0.4) is 0 Å². The number of methoxy groups -OCH3 is 1. The van der Waals surface area contributed by atoms with Crippen LogP contribution in [-0.4, -0.2) is 62.0 Å². The molecule has 2 rings (SSSR count). The second-order valence-corrected chi connectivity index (χ2v) is 4.94. The van der Waals surface area contributed by atoms with Gasteiger partial charge in [-0.15, -0.1) is 0 Å². The van der Waals surface area contributed by atoms with E-state index in [1.165, 1.54) is 0 Å². The smallest absolute Gasteiger partial charge is 0.315 e. The normalized spacial score (nSPS) is 17.4. The lowest BCUT2D eigenvalue weighted by molar-refractivity contribution is 0.195. The van der Waals surface area contributed by atoms with Crippen molar-refractivity contribution < 1.29 is 14.3 Å². The predicted molar refractivity (Wildman–Crippen MR) is 82.2 cm³/mol. The first-order chi connectivity index (χ1) is 10.7.